The lowest BCUT2D eigenvalue weighted by Crippen LogP contribution is -2.49. The Bertz CT molecular complexity index is 4380. The number of amidine groups is 1. The molecule has 12 heterocycles. The summed E-state index contributed by atoms with van der Waals surface area (Å²) in [5, 5.41) is 25.5. The van der Waals surface area contributed by atoms with Gasteiger partial charge in [0, 0.05) is 115 Å². The van der Waals surface area contributed by atoms with Crippen LogP contribution in [0.3, 0.4) is 0 Å². The van der Waals surface area contributed by atoms with Crippen molar-refractivity contribution in [3.05, 3.63) is 133 Å². The van der Waals surface area contributed by atoms with E-state index in [0.717, 1.165) is 157 Å². The van der Waals surface area contributed by atoms with Crippen LogP contribution in [0.1, 0.15) is 150 Å². The summed E-state index contributed by atoms with van der Waals surface area (Å²) in [4.78, 5) is 71.9. The van der Waals surface area contributed by atoms with Crippen LogP contribution in [0.5, 0.6) is 0 Å². The number of aliphatic imine (C=N–C) groups is 1. The maximum absolute atomic E-state index is 13.7. The van der Waals surface area contributed by atoms with Crippen molar-refractivity contribution in [3.8, 4) is 11.4 Å². The third-order valence-corrected chi connectivity index (χ3v) is 19.9. The number of carbonyl (C=O) groups is 3. The van der Waals surface area contributed by atoms with Gasteiger partial charge in [-0.3, -0.25) is 28.7 Å². The van der Waals surface area contributed by atoms with Crippen LogP contribution in [0.15, 0.2) is 103 Å². The number of imidazole rings is 2. The summed E-state index contributed by atoms with van der Waals surface area (Å²) in [5.41, 5.74) is 5.42. The molecule has 0 spiro atoms. The van der Waals surface area contributed by atoms with E-state index >= 15 is 0 Å². The van der Waals surface area contributed by atoms with Crippen molar-refractivity contribution in [1.82, 2.24) is 73.0 Å². The molecule has 6 aliphatic rings. The largest absolute Gasteiger partial charge is 0.477 e. The Morgan fingerprint density at radius 2 is 1.02 bits per heavy atom. The van der Waals surface area contributed by atoms with Crippen molar-refractivity contribution in [2.45, 2.75) is 130 Å². The van der Waals surface area contributed by atoms with E-state index in [-0.39, 0.29) is 40.9 Å². The molecule has 29 nitrogen and oxygen atoms in total. The molecule has 0 bridgehead atoms. The van der Waals surface area contributed by atoms with Gasteiger partial charge in [0.2, 0.25) is 20.0 Å². The van der Waals surface area contributed by atoms with Crippen molar-refractivity contribution in [1.29, 1.82) is 0 Å². The lowest BCUT2D eigenvalue weighted by Gasteiger charge is -2.41. The summed E-state index contributed by atoms with van der Waals surface area (Å²) in [5.74, 6) is -1.06. The third kappa shape index (κ3) is 23.2. The van der Waals surface area contributed by atoms with Gasteiger partial charge >= 0.3 is 12.0 Å². The topological polar surface area (TPSA) is 325 Å². The molecule has 6 aromatic heterocycles. The van der Waals surface area contributed by atoms with Gasteiger partial charge in [-0.15, -0.1) is 0 Å². The Labute approximate surface area is 626 Å². The van der Waals surface area contributed by atoms with E-state index in [4.69, 9.17) is 19.7 Å². The summed E-state index contributed by atoms with van der Waals surface area (Å²) >= 11 is 0. The van der Waals surface area contributed by atoms with Gasteiger partial charge in [0.05, 0.1) is 89.7 Å². The molecule has 14 rings (SSSR count). The van der Waals surface area contributed by atoms with Gasteiger partial charge in [0.15, 0.2) is 17.0 Å². The molecule has 5 saturated heterocycles. The van der Waals surface area contributed by atoms with Gasteiger partial charge < -0.3 is 34.2 Å². The standard InChI is InChI=1S/C26H33FN6O4S.C25H30FN5O3.C9H16N2.C7H6N4O.C6H15N.CH5NO2S/c1-17(2)24-23-22(32-10-8-19(9-11-32)31-12-14-37-15-13-31)16-21(26(34)30-38(3,35)36)28-25(23)33(29-24)20-6-4-18(27)5-7-20;1-16(2)23-22-21(30-9-7-18(8-10-30)29-11-13-34-14-12-29)15-20(25(32)33)27-24(22)31(28-23)19-5-3-17(26)4-6-19;1-2-5-9-10-6-4-8-11(9)7-3-1;12-7(10-3-1-8-5-10)11-4-2-9-6-11;1-4-7(5-2)6-3;1-5(2,3)4/h4-7,16-17,19H,8-15H2,1-3H3,(H,30,34);3-6,15-16,18H,7-14H2,1-2H3,(H,32,33);1-8H2;1-6H;4-6H2,1-3H3;1H3,(H2,2,3,4). The number of aromatic carboxylic acids is 1. The molecule has 2 aromatic carbocycles. The first kappa shape index (κ1) is 82.4. The van der Waals surface area contributed by atoms with E-state index in [0.29, 0.717) is 34.8 Å². The second-order valence-electron chi connectivity index (χ2n) is 27.7. The predicted molar refractivity (Wildman–Crippen MR) is 410 cm³/mol. The number of hydrogen-bond donors (Lipinski definition) is 3. The fourth-order valence-electron chi connectivity index (χ4n) is 13.8. The zero-order chi connectivity index (χ0) is 77.0. The molecule has 5 fully saturated rings. The number of primary sulfonamides is 1. The normalized spacial score (nSPS) is 17.1. The highest BCUT2D eigenvalue weighted by Gasteiger charge is 2.33. The maximum Gasteiger partial charge on any atom is 0.354 e. The predicted octanol–water partition coefficient (Wildman–Crippen LogP) is 8.87. The van der Waals surface area contributed by atoms with Crippen molar-refractivity contribution < 1.29 is 54.6 Å². The second-order valence-corrected chi connectivity index (χ2v) is 31.1. The number of rotatable bonds is 14. The lowest BCUT2D eigenvalue weighted by atomic mass is 10.00. The van der Waals surface area contributed by atoms with E-state index in [2.05, 4.69) is 94.1 Å². The van der Waals surface area contributed by atoms with Crippen LogP contribution in [0.25, 0.3) is 33.4 Å². The van der Waals surface area contributed by atoms with Gasteiger partial charge in [-0.1, -0.05) is 54.9 Å². The van der Waals surface area contributed by atoms with E-state index < -0.39 is 31.9 Å². The number of nitrogens with one attached hydrogen (secondary N) is 1. The molecular weight excluding hydrogens is 1420 g/mol. The van der Waals surface area contributed by atoms with Gasteiger partial charge in [0.1, 0.15) is 30.0 Å². The third-order valence-electron chi connectivity index (χ3n) is 19.4. The number of aromatic nitrogens is 10. The minimum Gasteiger partial charge on any atom is -0.477 e. The van der Waals surface area contributed by atoms with Gasteiger partial charge in [-0.05, 0) is 137 Å². The number of morpholine rings is 2. The Kier molecular flexibility index (Phi) is 29.9. The zero-order valence-electron chi connectivity index (χ0n) is 63.0. The number of carboxylic acids is 1. The smallest absolute Gasteiger partial charge is 0.354 e. The summed E-state index contributed by atoms with van der Waals surface area (Å²) < 4.78 is 88.7. The number of halogens is 2. The molecular formula is C74H105F2N19O10S2. The molecule has 0 aliphatic carbocycles. The van der Waals surface area contributed by atoms with Gasteiger partial charge in [-0.25, -0.2) is 74.4 Å². The number of piperidine rings is 2. The highest BCUT2D eigenvalue weighted by Crippen LogP contribution is 2.39. The first-order chi connectivity index (χ1) is 51.2. The maximum atomic E-state index is 13.7. The highest BCUT2D eigenvalue weighted by atomic mass is 32.2. The minimum absolute atomic E-state index is 0.0172. The van der Waals surface area contributed by atoms with E-state index in [1.165, 1.54) is 117 Å². The van der Waals surface area contributed by atoms with Crippen molar-refractivity contribution in [3.63, 3.8) is 0 Å². The number of benzene rings is 2. The molecule has 4 N–H and O–H groups in total. The van der Waals surface area contributed by atoms with Crippen LogP contribution in [0.2, 0.25) is 0 Å². The number of pyridine rings is 2. The SMILES string of the molecule is C1CCC2=NCCCN2CC1.CC(C)c1nn(-c2ccc(F)cc2)c2nc(C(=O)NS(C)(=O)=O)cc(N3CCC(N4CCOCC4)CC3)c12.CC(C)c1nn(-c2ccc(F)cc2)c2nc(C(=O)O)cc(N3CCC(N4CCOCC4)CC3)c12.CCN(CC)CC.CS(N)(=O)=O.O=C(n1ccnc1)n1ccnc1. The zero-order valence-corrected chi connectivity index (χ0v) is 64.6. The summed E-state index contributed by atoms with van der Waals surface area (Å²) in [7, 11) is -6.96. The fourth-order valence-corrected chi connectivity index (χ4v) is 14.3. The quantitative estimate of drug-likeness (QED) is 0.0914. The summed E-state index contributed by atoms with van der Waals surface area (Å²) in [6, 6.07) is 16.0. The fraction of sp³-hybridized carbons (Fsp3) is 0.541. The molecule has 33 heteroatoms. The Hall–Kier alpha value is -8.70. The van der Waals surface area contributed by atoms with Crippen molar-refractivity contribution >= 4 is 77.2 Å². The number of amides is 1. The molecule has 582 valence electrons. The Morgan fingerprint density at radius 1 is 0.598 bits per heavy atom. The average Bonchev–Trinajstić information content (AvgIpc) is 1.60. The van der Waals surface area contributed by atoms with Crippen LogP contribution < -0.4 is 19.7 Å². The van der Waals surface area contributed by atoms with Crippen LogP contribution in [0, 0.1) is 11.6 Å². The van der Waals surface area contributed by atoms with Crippen molar-refractivity contribution in [2.24, 2.45) is 10.1 Å². The first-order valence-corrected chi connectivity index (χ1v) is 40.8. The molecule has 8 aromatic rings. The van der Waals surface area contributed by atoms with Gasteiger partial charge in [-0.2, -0.15) is 10.2 Å². The molecule has 6 aliphatic heterocycles. The molecule has 0 radical (unpaired) electrons. The average molecular weight is 1520 g/mol. The number of carboxylic acid groups (broad SMARTS) is 1. The molecule has 1 amide bonds. The number of nitrogens with two attached hydrogens (primary N) is 1. The van der Waals surface area contributed by atoms with Crippen molar-refractivity contribution in [2.75, 3.05) is 140 Å². The van der Waals surface area contributed by atoms with Crippen LogP contribution in [-0.4, -0.2) is 257 Å². The number of hydrogen-bond acceptors (Lipinski definition) is 22. The monoisotopic (exact) mass is 1520 g/mol. The highest BCUT2D eigenvalue weighted by molar-refractivity contribution is 7.89. The van der Waals surface area contributed by atoms with Crippen LogP contribution >= 0.6 is 0 Å². The van der Waals surface area contributed by atoms with Crippen LogP contribution in [-0.2, 0) is 29.5 Å². The molecule has 0 unspecified atom stereocenters. The number of carbonyl (C=O) groups excluding carboxylic acids is 2. The number of nitrogens with zero attached hydrogens (tertiary/aromatic N) is 17. The second kappa shape index (κ2) is 38.9. The van der Waals surface area contributed by atoms with E-state index in [1.807, 2.05) is 18.6 Å². The summed E-state index contributed by atoms with van der Waals surface area (Å²) in [6.07, 6.45) is 21.6. The number of fused-ring (bicyclic) bond motifs is 3. The molecule has 107 heavy (non-hydrogen) atoms. The van der Waals surface area contributed by atoms with Crippen LogP contribution in [0.4, 0.5) is 25.0 Å². The lowest BCUT2D eigenvalue weighted by molar-refractivity contribution is 0.0115. The van der Waals surface area contributed by atoms with E-state index in [1.54, 1.807) is 70.5 Å². The number of ether oxygens (including phenoxy) is 2. The summed E-state index contributed by atoms with van der Waals surface area (Å²) in [6.45, 7) is 32.0. The molecule has 0 saturated carbocycles. The number of anilines is 2. The first-order valence-electron chi connectivity index (χ1n) is 37.0. The number of sulfonamides is 2. The minimum atomic E-state index is -3.79. The Balaban J connectivity index is 0.000000171. The Morgan fingerprint density at radius 3 is 1.40 bits per heavy atom. The van der Waals surface area contributed by atoms with Gasteiger partial charge in [0.25, 0.3) is 5.91 Å². The van der Waals surface area contributed by atoms with E-state index in [9.17, 15) is 45.1 Å². The molecule has 0 atom stereocenters.